The number of rotatable bonds is 6. The fraction of sp³-hybridized carbons (Fsp3) is 0.405. The SMILES string of the molecule is CC(C)(O)Cn1ncc2cc(-c3ccc(C(=O)N4[C@@H]5CC[C@H]4CC(NC(=O)OC(C)(C)C)C5)cc3-c3ccc(C#N)c(F)c3)c(F)cc21. The molecule has 6 rings (SSSR count). The molecule has 3 atom stereocenters. The molecule has 2 fully saturated rings. The molecule has 2 N–H and O–H groups in total. The third-order valence-corrected chi connectivity index (χ3v) is 8.91. The zero-order valence-electron chi connectivity index (χ0n) is 27.7. The van der Waals surface area contributed by atoms with Crippen LogP contribution in [0.3, 0.4) is 0 Å². The monoisotopic (exact) mass is 655 g/mol. The van der Waals surface area contributed by atoms with Gasteiger partial charge in [0.15, 0.2) is 0 Å². The first kappa shape index (κ1) is 33.1. The van der Waals surface area contributed by atoms with E-state index in [1.165, 1.54) is 18.2 Å². The summed E-state index contributed by atoms with van der Waals surface area (Å²) in [5.74, 6) is -1.46. The largest absolute Gasteiger partial charge is 0.444 e. The second-order valence-corrected chi connectivity index (χ2v) is 14.5. The van der Waals surface area contributed by atoms with E-state index in [9.17, 15) is 24.3 Å². The van der Waals surface area contributed by atoms with Crippen molar-refractivity contribution in [3.05, 3.63) is 77.5 Å². The fourth-order valence-electron chi connectivity index (χ4n) is 6.97. The lowest BCUT2D eigenvalue weighted by molar-refractivity contribution is 0.0417. The highest BCUT2D eigenvalue weighted by Gasteiger charge is 2.44. The van der Waals surface area contributed by atoms with Gasteiger partial charge in [-0.1, -0.05) is 12.1 Å². The van der Waals surface area contributed by atoms with Crippen molar-refractivity contribution in [2.45, 2.75) is 96.2 Å². The molecule has 2 bridgehead atoms. The van der Waals surface area contributed by atoms with Crippen molar-refractivity contribution in [2.24, 2.45) is 0 Å². The lowest BCUT2D eigenvalue weighted by Gasteiger charge is -2.39. The third-order valence-electron chi connectivity index (χ3n) is 8.91. The summed E-state index contributed by atoms with van der Waals surface area (Å²) in [5.41, 5.74) is 0.564. The molecule has 2 amide bonds. The maximum absolute atomic E-state index is 15.9. The van der Waals surface area contributed by atoms with Crippen molar-refractivity contribution in [1.82, 2.24) is 20.0 Å². The van der Waals surface area contributed by atoms with E-state index < -0.39 is 28.9 Å². The number of aliphatic hydroxyl groups is 1. The highest BCUT2D eigenvalue weighted by atomic mass is 19.1. The number of alkyl carbamates (subject to hydrolysis) is 1. The number of ether oxygens (including phenoxy) is 1. The highest BCUT2D eigenvalue weighted by molar-refractivity contribution is 5.99. The summed E-state index contributed by atoms with van der Waals surface area (Å²) in [6.07, 6.45) is 3.93. The second-order valence-electron chi connectivity index (χ2n) is 14.5. The quantitative estimate of drug-likeness (QED) is 0.232. The van der Waals surface area contributed by atoms with Gasteiger partial charge in [0.05, 0.1) is 29.4 Å². The summed E-state index contributed by atoms with van der Waals surface area (Å²) in [7, 11) is 0. The van der Waals surface area contributed by atoms with E-state index in [1.54, 1.807) is 55.1 Å². The van der Waals surface area contributed by atoms with Gasteiger partial charge in [0, 0.05) is 40.7 Å². The Morgan fingerprint density at radius 3 is 2.31 bits per heavy atom. The Kier molecular flexibility index (Phi) is 8.50. The van der Waals surface area contributed by atoms with Gasteiger partial charge in [0.25, 0.3) is 5.91 Å². The number of halogens is 2. The van der Waals surface area contributed by atoms with E-state index in [0.29, 0.717) is 46.0 Å². The van der Waals surface area contributed by atoms with Crippen LogP contribution in [0.1, 0.15) is 76.2 Å². The number of carbonyl (C=O) groups is 2. The van der Waals surface area contributed by atoms with Crippen LogP contribution in [0.25, 0.3) is 33.2 Å². The van der Waals surface area contributed by atoms with Gasteiger partial charge in [-0.2, -0.15) is 10.4 Å². The summed E-state index contributed by atoms with van der Waals surface area (Å²) in [5, 5.41) is 27.6. The average Bonchev–Trinajstić information content (AvgIpc) is 3.50. The van der Waals surface area contributed by atoms with Crippen LogP contribution in [0.5, 0.6) is 0 Å². The second kappa shape index (κ2) is 12.3. The molecule has 1 unspecified atom stereocenters. The van der Waals surface area contributed by atoms with Crippen LogP contribution in [0.15, 0.2) is 54.7 Å². The van der Waals surface area contributed by atoms with E-state index in [1.807, 2.05) is 31.7 Å². The number of amides is 2. The van der Waals surface area contributed by atoms with Crippen molar-refractivity contribution in [1.29, 1.82) is 5.26 Å². The van der Waals surface area contributed by atoms with Gasteiger partial charge in [0.1, 0.15) is 23.3 Å². The molecule has 11 heteroatoms. The molecule has 0 radical (unpaired) electrons. The Balaban J connectivity index is 1.35. The Morgan fingerprint density at radius 2 is 1.69 bits per heavy atom. The highest BCUT2D eigenvalue weighted by Crippen LogP contribution is 2.40. The summed E-state index contributed by atoms with van der Waals surface area (Å²) < 4.78 is 37.8. The standard InChI is InChI=1S/C37H39F2N5O4/c1-36(2,3)48-35(46)42-25-15-26-9-10-27(16-25)44(26)34(45)22-8-11-28(29(12-22)21-6-7-23(18-40)31(38)14-21)30-13-24-19-41-43(20-37(4,5)47)33(24)17-32(30)39/h6-8,11-14,17,19,25-27,47H,9-10,15-16,20H2,1-5H3,(H,42,46)/t25?,26-,27+. The van der Waals surface area contributed by atoms with Gasteiger partial charge >= 0.3 is 6.09 Å². The molecule has 48 heavy (non-hydrogen) atoms. The minimum atomic E-state index is -1.06. The minimum Gasteiger partial charge on any atom is -0.444 e. The summed E-state index contributed by atoms with van der Waals surface area (Å²) in [6, 6.07) is 13.7. The summed E-state index contributed by atoms with van der Waals surface area (Å²) in [4.78, 5) is 28.4. The molecule has 0 aliphatic carbocycles. The molecular formula is C37H39F2N5O4. The normalized spacial score (nSPS) is 19.3. The number of carbonyl (C=O) groups excluding carboxylic acids is 2. The molecule has 0 saturated carbocycles. The lowest BCUT2D eigenvalue weighted by atomic mass is 9.90. The number of benzene rings is 3. The van der Waals surface area contributed by atoms with Crippen LogP contribution in [-0.2, 0) is 11.3 Å². The van der Waals surface area contributed by atoms with E-state index in [2.05, 4.69) is 10.4 Å². The number of aromatic nitrogens is 2. The molecule has 3 heterocycles. The van der Waals surface area contributed by atoms with Crippen LogP contribution in [0.4, 0.5) is 13.6 Å². The maximum Gasteiger partial charge on any atom is 0.407 e. The molecule has 1 aromatic heterocycles. The van der Waals surface area contributed by atoms with Crippen molar-refractivity contribution in [3.63, 3.8) is 0 Å². The number of nitrogens with one attached hydrogen (secondary N) is 1. The van der Waals surface area contributed by atoms with Crippen LogP contribution in [-0.4, -0.2) is 61.1 Å². The molecule has 2 aliphatic heterocycles. The van der Waals surface area contributed by atoms with Crippen molar-refractivity contribution in [2.75, 3.05) is 0 Å². The van der Waals surface area contributed by atoms with Gasteiger partial charge in [-0.05, 0) is 107 Å². The first-order valence-electron chi connectivity index (χ1n) is 16.1. The van der Waals surface area contributed by atoms with Crippen LogP contribution >= 0.6 is 0 Å². The molecule has 4 aromatic rings. The number of hydrogen-bond acceptors (Lipinski definition) is 6. The van der Waals surface area contributed by atoms with Gasteiger partial charge in [-0.15, -0.1) is 0 Å². The lowest BCUT2D eigenvalue weighted by Crippen LogP contribution is -2.53. The van der Waals surface area contributed by atoms with E-state index in [4.69, 9.17) is 4.74 Å². The number of nitriles is 1. The molecule has 9 nitrogen and oxygen atoms in total. The number of nitrogens with zero attached hydrogens (tertiary/aromatic N) is 4. The Morgan fingerprint density at radius 1 is 0.979 bits per heavy atom. The van der Waals surface area contributed by atoms with Crippen molar-refractivity contribution in [3.8, 4) is 28.3 Å². The van der Waals surface area contributed by atoms with E-state index in [-0.39, 0.29) is 41.7 Å². The van der Waals surface area contributed by atoms with Crippen LogP contribution in [0, 0.1) is 23.0 Å². The van der Waals surface area contributed by atoms with Gasteiger partial charge in [0.2, 0.25) is 0 Å². The van der Waals surface area contributed by atoms with Crippen molar-refractivity contribution >= 4 is 22.9 Å². The van der Waals surface area contributed by atoms with Crippen LogP contribution in [0.2, 0.25) is 0 Å². The van der Waals surface area contributed by atoms with E-state index >= 15 is 4.39 Å². The van der Waals surface area contributed by atoms with Crippen molar-refractivity contribution < 1.29 is 28.2 Å². The Hall–Kier alpha value is -4.82. The zero-order chi connectivity index (χ0) is 34.5. The van der Waals surface area contributed by atoms with Crippen LogP contribution < -0.4 is 5.32 Å². The first-order chi connectivity index (χ1) is 22.6. The van der Waals surface area contributed by atoms with Gasteiger partial charge in [-0.25, -0.2) is 13.6 Å². The first-order valence-corrected chi connectivity index (χ1v) is 16.1. The number of fused-ring (bicyclic) bond motifs is 3. The predicted octanol–water partition coefficient (Wildman–Crippen LogP) is 6.95. The van der Waals surface area contributed by atoms with Gasteiger partial charge in [-0.3, -0.25) is 9.48 Å². The third kappa shape index (κ3) is 6.76. The Bertz CT molecular complexity index is 1940. The molecule has 3 aromatic carbocycles. The molecule has 2 aliphatic rings. The number of hydrogen-bond donors (Lipinski definition) is 2. The average molecular weight is 656 g/mol. The smallest absolute Gasteiger partial charge is 0.407 e. The molecular weight excluding hydrogens is 616 g/mol. The Labute approximate surface area is 278 Å². The topological polar surface area (TPSA) is 120 Å². The molecule has 250 valence electrons. The molecule has 2 saturated heterocycles. The summed E-state index contributed by atoms with van der Waals surface area (Å²) in [6.45, 7) is 8.88. The summed E-state index contributed by atoms with van der Waals surface area (Å²) >= 11 is 0. The van der Waals surface area contributed by atoms with Gasteiger partial charge < -0.3 is 20.1 Å². The maximum atomic E-state index is 15.9. The molecule has 0 spiro atoms. The minimum absolute atomic E-state index is 0.0769. The fourth-order valence-corrected chi connectivity index (χ4v) is 6.97. The van der Waals surface area contributed by atoms with E-state index in [0.717, 1.165) is 12.8 Å². The number of piperidine rings is 1. The predicted molar refractivity (Wildman–Crippen MR) is 177 cm³/mol. The zero-order valence-corrected chi connectivity index (χ0v) is 27.7.